The molecule has 6 heteroatoms. The largest absolute Gasteiger partial charge is 0.326 e. The highest BCUT2D eigenvalue weighted by Gasteiger charge is 2.35. The van der Waals surface area contributed by atoms with Crippen LogP contribution in [0.2, 0.25) is 5.02 Å². The van der Waals surface area contributed by atoms with Crippen molar-refractivity contribution in [2.75, 3.05) is 16.8 Å². The Balaban J connectivity index is 1.44. The molecule has 2 heterocycles. The number of rotatable bonds is 4. The Morgan fingerprint density at radius 2 is 1.69 bits per heavy atom. The van der Waals surface area contributed by atoms with Gasteiger partial charge >= 0.3 is 0 Å². The Morgan fingerprint density at radius 3 is 2.34 bits per heavy atom. The van der Waals surface area contributed by atoms with Gasteiger partial charge in [0.1, 0.15) is 0 Å². The van der Waals surface area contributed by atoms with Gasteiger partial charge in [0.25, 0.3) is 0 Å². The summed E-state index contributed by atoms with van der Waals surface area (Å²) in [6.07, 6.45) is 0.193. The summed E-state index contributed by atoms with van der Waals surface area (Å²) in [7, 11) is 0. The number of hydrogen-bond donors (Lipinski definition) is 1. The molecule has 0 saturated carbocycles. The summed E-state index contributed by atoms with van der Waals surface area (Å²) in [5.41, 5.74) is 4.80. The lowest BCUT2D eigenvalue weighted by Gasteiger charge is -2.17. The van der Waals surface area contributed by atoms with E-state index in [4.69, 9.17) is 11.6 Å². The maximum absolute atomic E-state index is 12.7. The van der Waals surface area contributed by atoms with Crippen LogP contribution in [0.5, 0.6) is 0 Å². The second kappa shape index (κ2) is 7.76. The summed E-state index contributed by atoms with van der Waals surface area (Å²) in [6.45, 7) is 4.47. The lowest BCUT2D eigenvalue weighted by atomic mass is 10.1. The van der Waals surface area contributed by atoms with Gasteiger partial charge in [0.05, 0.1) is 5.92 Å². The second-order valence-electron chi connectivity index (χ2n) is 7.37. The maximum Gasteiger partial charge on any atom is 0.229 e. The van der Waals surface area contributed by atoms with Crippen molar-refractivity contribution in [2.45, 2.75) is 20.3 Å². The number of amides is 2. The van der Waals surface area contributed by atoms with E-state index in [1.807, 2.05) is 30.3 Å². The summed E-state index contributed by atoms with van der Waals surface area (Å²) in [5.74, 6) is -0.611. The van der Waals surface area contributed by atoms with Crippen molar-refractivity contribution in [1.82, 2.24) is 4.57 Å². The van der Waals surface area contributed by atoms with Crippen LogP contribution in [0, 0.1) is 19.8 Å². The van der Waals surface area contributed by atoms with Gasteiger partial charge in [0.2, 0.25) is 11.8 Å². The molecule has 5 nitrogen and oxygen atoms in total. The van der Waals surface area contributed by atoms with Crippen molar-refractivity contribution >= 4 is 34.8 Å². The van der Waals surface area contributed by atoms with E-state index in [9.17, 15) is 9.59 Å². The van der Waals surface area contributed by atoms with Gasteiger partial charge in [-0.15, -0.1) is 0 Å². The van der Waals surface area contributed by atoms with Crippen molar-refractivity contribution < 1.29 is 9.59 Å². The van der Waals surface area contributed by atoms with Gasteiger partial charge in [-0.25, -0.2) is 0 Å². The molecule has 3 aromatic rings. The molecule has 2 amide bonds. The quantitative estimate of drug-likeness (QED) is 0.679. The average molecular weight is 408 g/mol. The number of carbonyl (C=O) groups is 2. The summed E-state index contributed by atoms with van der Waals surface area (Å²) in [6, 6.07) is 19.0. The molecule has 148 valence electrons. The first-order valence-electron chi connectivity index (χ1n) is 9.54. The van der Waals surface area contributed by atoms with E-state index >= 15 is 0 Å². The Kier molecular flexibility index (Phi) is 5.16. The molecule has 0 bridgehead atoms. The van der Waals surface area contributed by atoms with Crippen LogP contribution >= 0.6 is 11.6 Å². The fourth-order valence-electron chi connectivity index (χ4n) is 3.79. The van der Waals surface area contributed by atoms with Crippen LogP contribution in [0.1, 0.15) is 17.8 Å². The number of benzene rings is 2. The van der Waals surface area contributed by atoms with Gasteiger partial charge in [-0.05, 0) is 68.4 Å². The second-order valence-corrected chi connectivity index (χ2v) is 7.81. The molecule has 1 aliphatic rings. The Hall–Kier alpha value is -3.05. The zero-order chi connectivity index (χ0) is 20.5. The zero-order valence-electron chi connectivity index (χ0n) is 16.4. The van der Waals surface area contributed by atoms with Gasteiger partial charge in [0, 0.05) is 46.4 Å². The number of hydrogen-bond acceptors (Lipinski definition) is 2. The number of halogens is 1. The summed E-state index contributed by atoms with van der Waals surface area (Å²) in [5, 5.41) is 3.50. The minimum absolute atomic E-state index is 0.0682. The third kappa shape index (κ3) is 3.91. The Labute approximate surface area is 174 Å². The van der Waals surface area contributed by atoms with Gasteiger partial charge in [-0.2, -0.15) is 0 Å². The maximum atomic E-state index is 12.7. The van der Waals surface area contributed by atoms with Crippen LogP contribution < -0.4 is 10.2 Å². The molecule has 29 heavy (non-hydrogen) atoms. The van der Waals surface area contributed by atoms with Crippen LogP contribution in [-0.2, 0) is 9.59 Å². The van der Waals surface area contributed by atoms with Crippen molar-refractivity contribution in [3.63, 3.8) is 0 Å². The SMILES string of the molecule is Cc1ccc(C)n1-c1ccc(NC(=O)[C@@H]2CC(=O)N(c3cccc(Cl)c3)C2)cc1. The van der Waals surface area contributed by atoms with Crippen LogP contribution in [0.3, 0.4) is 0 Å². The molecule has 4 rings (SSSR count). The standard InChI is InChI=1S/C23H22ClN3O2/c1-15-6-7-16(2)27(15)20-10-8-19(9-11-20)25-23(29)17-12-22(28)26(14-17)21-5-3-4-18(24)13-21/h3-11,13,17H,12,14H2,1-2H3,(H,25,29)/t17-/m1/s1. The highest BCUT2D eigenvalue weighted by atomic mass is 35.5. The first-order valence-corrected chi connectivity index (χ1v) is 9.92. The number of aromatic nitrogens is 1. The van der Waals surface area contributed by atoms with Crippen LogP contribution in [0.4, 0.5) is 11.4 Å². The first kappa shape index (κ1) is 19.3. The molecule has 0 aliphatic carbocycles. The molecule has 1 aromatic heterocycles. The molecule has 0 unspecified atom stereocenters. The van der Waals surface area contributed by atoms with E-state index in [2.05, 4.69) is 35.9 Å². The topological polar surface area (TPSA) is 54.3 Å². The molecule has 1 fully saturated rings. The highest BCUT2D eigenvalue weighted by Crippen LogP contribution is 2.28. The van der Waals surface area contributed by atoms with Gasteiger partial charge < -0.3 is 14.8 Å². The molecule has 1 aliphatic heterocycles. The Bertz CT molecular complexity index is 1050. The predicted molar refractivity (Wildman–Crippen MR) is 116 cm³/mol. The van der Waals surface area contributed by atoms with Crippen LogP contribution in [0.15, 0.2) is 60.7 Å². The fourth-order valence-corrected chi connectivity index (χ4v) is 3.98. The normalized spacial score (nSPS) is 16.3. The molecule has 2 aromatic carbocycles. The van der Waals surface area contributed by atoms with Gasteiger partial charge in [-0.3, -0.25) is 9.59 Å². The van der Waals surface area contributed by atoms with E-state index in [-0.39, 0.29) is 18.2 Å². The number of aryl methyl sites for hydroxylation is 2. The Morgan fingerprint density at radius 1 is 1.00 bits per heavy atom. The lowest BCUT2D eigenvalue weighted by Crippen LogP contribution is -2.28. The fraction of sp³-hybridized carbons (Fsp3) is 0.217. The van der Waals surface area contributed by atoms with Crippen molar-refractivity contribution in [1.29, 1.82) is 0 Å². The highest BCUT2D eigenvalue weighted by molar-refractivity contribution is 6.31. The predicted octanol–water partition coefficient (Wildman–Crippen LogP) is 4.74. The van der Waals surface area contributed by atoms with Crippen molar-refractivity contribution in [3.05, 3.63) is 77.1 Å². The smallest absolute Gasteiger partial charge is 0.229 e. The molecular weight excluding hydrogens is 386 g/mol. The molecule has 0 spiro atoms. The average Bonchev–Trinajstić information content (AvgIpc) is 3.25. The van der Waals surface area contributed by atoms with E-state index in [1.165, 1.54) is 0 Å². The molecule has 1 atom stereocenters. The van der Waals surface area contributed by atoms with E-state index in [0.717, 1.165) is 28.5 Å². The third-order valence-electron chi connectivity index (χ3n) is 5.28. The van der Waals surface area contributed by atoms with Gasteiger partial charge in [0.15, 0.2) is 0 Å². The molecule has 0 radical (unpaired) electrons. The first-order chi connectivity index (χ1) is 13.9. The van der Waals surface area contributed by atoms with Crippen LogP contribution in [-0.4, -0.2) is 22.9 Å². The molecular formula is C23H22ClN3O2. The van der Waals surface area contributed by atoms with Crippen molar-refractivity contribution in [2.24, 2.45) is 5.92 Å². The lowest BCUT2D eigenvalue weighted by molar-refractivity contribution is -0.122. The molecule has 1 N–H and O–H groups in total. The van der Waals surface area contributed by atoms with E-state index in [1.54, 1.807) is 23.1 Å². The summed E-state index contributed by atoms with van der Waals surface area (Å²) < 4.78 is 2.16. The minimum atomic E-state index is -0.393. The summed E-state index contributed by atoms with van der Waals surface area (Å²) >= 11 is 6.03. The number of nitrogens with zero attached hydrogens (tertiary/aromatic N) is 2. The monoisotopic (exact) mass is 407 g/mol. The summed E-state index contributed by atoms with van der Waals surface area (Å²) in [4.78, 5) is 26.7. The zero-order valence-corrected chi connectivity index (χ0v) is 17.1. The van der Waals surface area contributed by atoms with E-state index < -0.39 is 5.92 Å². The third-order valence-corrected chi connectivity index (χ3v) is 5.51. The number of nitrogens with one attached hydrogen (secondary N) is 1. The van der Waals surface area contributed by atoms with Gasteiger partial charge in [-0.1, -0.05) is 17.7 Å². The van der Waals surface area contributed by atoms with Crippen molar-refractivity contribution in [3.8, 4) is 5.69 Å². The molecule has 1 saturated heterocycles. The minimum Gasteiger partial charge on any atom is -0.326 e. The van der Waals surface area contributed by atoms with E-state index in [0.29, 0.717) is 11.6 Å². The van der Waals surface area contributed by atoms with Crippen LogP contribution in [0.25, 0.3) is 5.69 Å². The number of carbonyl (C=O) groups excluding carboxylic acids is 2. The number of anilines is 2.